The first-order chi connectivity index (χ1) is 11.8. The van der Waals surface area contributed by atoms with Crippen LogP contribution in [0, 0.1) is 0 Å². The van der Waals surface area contributed by atoms with Crippen molar-refractivity contribution in [1.82, 2.24) is 0 Å². The van der Waals surface area contributed by atoms with Crippen LogP contribution >= 0.6 is 0 Å². The molecule has 0 saturated heterocycles. The van der Waals surface area contributed by atoms with Gasteiger partial charge in [-0.1, -0.05) is 6.08 Å². The number of aliphatic imine (C=N–C) groups is 4. The van der Waals surface area contributed by atoms with Crippen LogP contribution in [0.4, 0.5) is 0 Å². The third-order valence-electron chi connectivity index (χ3n) is 4.18. The zero-order valence-corrected chi connectivity index (χ0v) is 13.0. The zero-order chi connectivity index (χ0) is 15.9. The van der Waals surface area contributed by atoms with Crippen LogP contribution in [0.3, 0.4) is 0 Å². The van der Waals surface area contributed by atoms with Gasteiger partial charge in [0, 0.05) is 30.0 Å². The van der Waals surface area contributed by atoms with Crippen molar-refractivity contribution in [1.29, 1.82) is 0 Å². The number of hydrogen-bond acceptors (Lipinski definition) is 4. The van der Waals surface area contributed by atoms with E-state index in [1.807, 2.05) is 48.6 Å². The molecule has 0 aromatic carbocycles. The zero-order valence-electron chi connectivity index (χ0n) is 13.0. The van der Waals surface area contributed by atoms with E-state index >= 15 is 0 Å². The molecule has 5 aliphatic rings. The minimum Gasteiger partial charge on any atom is -0.253 e. The first kappa shape index (κ1) is 13.3. The standard InChI is InChI=1S/C20H14N4/c1-2-14-10-16-5-6-18(23-16)12-20-8-7-19(24-20)11-17-4-3-15(22-17)9-13(1)21-14/h1-7,10-12H,8-9H2. The minimum atomic E-state index is 0.739. The fraction of sp³-hybridized carbons (Fsp3) is 0.100. The molecule has 0 spiro atoms. The lowest BCUT2D eigenvalue weighted by Crippen LogP contribution is -1.99. The number of hydrogen-bond donors (Lipinski definition) is 0. The van der Waals surface area contributed by atoms with Gasteiger partial charge in [-0.2, -0.15) is 0 Å². The van der Waals surface area contributed by atoms with Crippen molar-refractivity contribution in [2.24, 2.45) is 20.0 Å². The van der Waals surface area contributed by atoms with E-state index in [-0.39, 0.29) is 0 Å². The summed E-state index contributed by atoms with van der Waals surface area (Å²) in [5, 5.41) is 0. The molecular formula is C20H14N4. The summed E-state index contributed by atoms with van der Waals surface area (Å²) < 4.78 is 0. The average Bonchev–Trinajstić information content (AvgIpc) is 3.32. The van der Waals surface area contributed by atoms with Crippen molar-refractivity contribution in [2.45, 2.75) is 12.8 Å². The summed E-state index contributed by atoms with van der Waals surface area (Å²) in [4.78, 5) is 18.6. The van der Waals surface area contributed by atoms with Gasteiger partial charge in [0.15, 0.2) is 0 Å². The summed E-state index contributed by atoms with van der Waals surface area (Å²) in [6.45, 7) is 0. The Bertz CT molecular complexity index is 983. The molecule has 5 rings (SSSR count). The molecule has 0 N–H and O–H groups in total. The van der Waals surface area contributed by atoms with Crippen molar-refractivity contribution in [2.75, 3.05) is 0 Å². The van der Waals surface area contributed by atoms with Crippen LogP contribution in [0.1, 0.15) is 12.8 Å². The van der Waals surface area contributed by atoms with Crippen LogP contribution in [0.15, 0.2) is 104 Å². The van der Waals surface area contributed by atoms with Crippen LogP contribution in [-0.2, 0) is 0 Å². The first-order valence-electron chi connectivity index (χ1n) is 8.01. The van der Waals surface area contributed by atoms with Gasteiger partial charge < -0.3 is 0 Å². The number of nitrogens with zero attached hydrogens (tertiary/aromatic N) is 4. The normalized spacial score (nSPS) is 23.3. The Labute approximate surface area is 139 Å². The largest absolute Gasteiger partial charge is 0.253 e. The summed E-state index contributed by atoms with van der Waals surface area (Å²) >= 11 is 0. The predicted octanol–water partition coefficient (Wildman–Crippen LogP) is 3.80. The third kappa shape index (κ3) is 2.52. The smallest absolute Gasteiger partial charge is 0.0659 e. The van der Waals surface area contributed by atoms with E-state index in [0.717, 1.165) is 58.5 Å². The van der Waals surface area contributed by atoms with Gasteiger partial charge in [-0.15, -0.1) is 0 Å². The van der Waals surface area contributed by atoms with E-state index in [2.05, 4.69) is 32.1 Å². The second-order valence-electron chi connectivity index (χ2n) is 6.06. The number of rotatable bonds is 0. The van der Waals surface area contributed by atoms with E-state index in [4.69, 9.17) is 0 Å². The monoisotopic (exact) mass is 310 g/mol. The average molecular weight is 310 g/mol. The van der Waals surface area contributed by atoms with Crippen molar-refractivity contribution >= 4 is 22.8 Å². The Morgan fingerprint density at radius 1 is 0.542 bits per heavy atom. The van der Waals surface area contributed by atoms with E-state index < -0.39 is 0 Å². The quantitative estimate of drug-likeness (QED) is 0.653. The molecule has 5 heterocycles. The van der Waals surface area contributed by atoms with E-state index in [0.29, 0.717) is 0 Å². The molecule has 8 bridgehead atoms. The molecule has 0 fully saturated rings. The van der Waals surface area contributed by atoms with E-state index in [1.54, 1.807) is 0 Å². The molecule has 4 nitrogen and oxygen atoms in total. The highest BCUT2D eigenvalue weighted by Gasteiger charge is 2.14. The Kier molecular flexibility index (Phi) is 2.88. The molecule has 0 amide bonds. The minimum absolute atomic E-state index is 0.739. The highest BCUT2D eigenvalue weighted by atomic mass is 14.8. The van der Waals surface area contributed by atoms with Crippen LogP contribution in [0.25, 0.3) is 0 Å². The highest BCUT2D eigenvalue weighted by Crippen LogP contribution is 2.22. The first-order valence-corrected chi connectivity index (χ1v) is 8.01. The van der Waals surface area contributed by atoms with E-state index in [9.17, 15) is 0 Å². The highest BCUT2D eigenvalue weighted by molar-refractivity contribution is 6.16. The van der Waals surface area contributed by atoms with Gasteiger partial charge in [0.1, 0.15) is 0 Å². The van der Waals surface area contributed by atoms with Crippen LogP contribution in [0.2, 0.25) is 0 Å². The Balaban J connectivity index is 1.60. The lowest BCUT2D eigenvalue weighted by molar-refractivity contribution is 1.35. The molecule has 114 valence electrons. The molecule has 0 atom stereocenters. The summed E-state index contributed by atoms with van der Waals surface area (Å²) in [6, 6.07) is 0. The van der Waals surface area contributed by atoms with Crippen LogP contribution < -0.4 is 0 Å². The molecule has 0 radical (unpaired) electrons. The maximum atomic E-state index is 4.66. The third-order valence-corrected chi connectivity index (χ3v) is 4.18. The lowest BCUT2D eigenvalue weighted by Gasteiger charge is -1.97. The Hall–Kier alpha value is -3.14. The summed E-state index contributed by atoms with van der Waals surface area (Å²) in [6.07, 6.45) is 22.0. The maximum Gasteiger partial charge on any atom is 0.0659 e. The fourth-order valence-electron chi connectivity index (χ4n) is 3.06. The molecule has 5 aliphatic heterocycles. The van der Waals surface area contributed by atoms with Gasteiger partial charge in [-0.3, -0.25) is 15.0 Å². The Morgan fingerprint density at radius 3 is 2.04 bits per heavy atom. The van der Waals surface area contributed by atoms with Crippen LogP contribution in [-0.4, -0.2) is 22.8 Å². The van der Waals surface area contributed by atoms with Gasteiger partial charge >= 0.3 is 0 Å². The molecule has 0 unspecified atom stereocenters. The lowest BCUT2D eigenvalue weighted by atomic mass is 10.2. The second-order valence-corrected chi connectivity index (χ2v) is 6.06. The molecule has 0 aliphatic carbocycles. The van der Waals surface area contributed by atoms with Gasteiger partial charge in [0.25, 0.3) is 0 Å². The summed E-state index contributed by atoms with van der Waals surface area (Å²) in [5.74, 6) is 0. The summed E-state index contributed by atoms with van der Waals surface area (Å²) in [7, 11) is 0. The SMILES string of the molecule is C1=CC2=NC1=CC1=NC(=CC1)C=C1C=CC(=N1)CC1=NC(=C2)C=C1. The molecule has 4 heteroatoms. The van der Waals surface area contributed by atoms with Gasteiger partial charge in [-0.25, -0.2) is 4.99 Å². The van der Waals surface area contributed by atoms with E-state index in [1.165, 1.54) is 0 Å². The molecule has 0 saturated carbocycles. The molecule has 24 heavy (non-hydrogen) atoms. The molecular weight excluding hydrogens is 296 g/mol. The van der Waals surface area contributed by atoms with Crippen molar-refractivity contribution in [3.05, 3.63) is 83.5 Å². The number of fused-ring (bicyclic) bond motifs is 4. The maximum absolute atomic E-state index is 4.66. The van der Waals surface area contributed by atoms with Crippen molar-refractivity contribution < 1.29 is 0 Å². The number of allylic oxidation sites excluding steroid dienone is 10. The molecule has 0 aromatic heterocycles. The fourth-order valence-corrected chi connectivity index (χ4v) is 3.06. The molecule has 0 aromatic rings. The topological polar surface area (TPSA) is 49.4 Å². The predicted molar refractivity (Wildman–Crippen MR) is 98.7 cm³/mol. The van der Waals surface area contributed by atoms with Crippen molar-refractivity contribution in [3.63, 3.8) is 0 Å². The van der Waals surface area contributed by atoms with Gasteiger partial charge in [0.05, 0.1) is 28.5 Å². The van der Waals surface area contributed by atoms with Gasteiger partial charge in [0.2, 0.25) is 0 Å². The van der Waals surface area contributed by atoms with Gasteiger partial charge in [-0.05, 0) is 54.7 Å². The second kappa shape index (κ2) is 5.20. The van der Waals surface area contributed by atoms with Crippen molar-refractivity contribution in [3.8, 4) is 0 Å². The van der Waals surface area contributed by atoms with Crippen LogP contribution in [0.5, 0.6) is 0 Å². The summed E-state index contributed by atoms with van der Waals surface area (Å²) in [5.41, 5.74) is 7.77. The Morgan fingerprint density at radius 2 is 1.21 bits per heavy atom.